The summed E-state index contributed by atoms with van der Waals surface area (Å²) in [5.74, 6) is 3.52. The van der Waals surface area contributed by atoms with Crippen molar-refractivity contribution < 1.29 is 4.79 Å². The van der Waals surface area contributed by atoms with Crippen molar-refractivity contribution in [3.8, 4) is 0 Å². The van der Waals surface area contributed by atoms with Crippen LogP contribution in [0.3, 0.4) is 0 Å². The zero-order valence-corrected chi connectivity index (χ0v) is 16.9. The second-order valence-electron chi connectivity index (χ2n) is 9.82. The van der Waals surface area contributed by atoms with Gasteiger partial charge in [0, 0.05) is 45.0 Å². The Labute approximate surface area is 167 Å². The molecule has 2 unspecified atom stereocenters. The number of fused-ring (bicyclic) bond motifs is 1. The van der Waals surface area contributed by atoms with Crippen LogP contribution >= 0.6 is 0 Å². The third kappa shape index (κ3) is 3.83. The summed E-state index contributed by atoms with van der Waals surface area (Å²) in [6.07, 6.45) is 11.4. The van der Waals surface area contributed by atoms with Crippen LogP contribution in [0.2, 0.25) is 0 Å². The second-order valence-corrected chi connectivity index (χ2v) is 9.82. The van der Waals surface area contributed by atoms with E-state index in [1.807, 2.05) is 9.58 Å². The molecular weight excluding hydrogens is 352 g/mol. The van der Waals surface area contributed by atoms with E-state index in [0.717, 1.165) is 68.5 Å². The highest BCUT2D eigenvalue weighted by molar-refractivity contribution is 5.78. The Kier molecular flexibility index (Phi) is 5.13. The lowest BCUT2D eigenvalue weighted by atomic mass is 9.68. The van der Waals surface area contributed by atoms with E-state index in [-0.39, 0.29) is 12.5 Å². The van der Waals surface area contributed by atoms with Crippen LogP contribution in [0.25, 0.3) is 0 Å². The minimum absolute atomic E-state index is 0.0711. The summed E-state index contributed by atoms with van der Waals surface area (Å²) in [7, 11) is 0. The van der Waals surface area contributed by atoms with Crippen LogP contribution in [-0.4, -0.2) is 62.9 Å². The third-order valence-corrected chi connectivity index (χ3v) is 7.76. The number of aromatic nitrogens is 3. The molecule has 1 amide bonds. The van der Waals surface area contributed by atoms with Crippen LogP contribution in [0, 0.1) is 23.7 Å². The molecule has 1 aromatic rings. The molecule has 154 valence electrons. The van der Waals surface area contributed by atoms with E-state index < -0.39 is 0 Å². The van der Waals surface area contributed by atoms with Gasteiger partial charge >= 0.3 is 0 Å². The van der Waals surface area contributed by atoms with Gasteiger partial charge in [0.2, 0.25) is 5.91 Å². The zero-order chi connectivity index (χ0) is 19.1. The normalized spacial score (nSPS) is 33.4. The quantitative estimate of drug-likeness (QED) is 0.829. The van der Waals surface area contributed by atoms with E-state index in [1.54, 1.807) is 0 Å². The molecule has 4 bridgehead atoms. The predicted octanol–water partition coefficient (Wildman–Crippen LogP) is 1.49. The summed E-state index contributed by atoms with van der Waals surface area (Å²) in [4.78, 5) is 16.3. The Bertz CT molecular complexity index is 683. The van der Waals surface area contributed by atoms with Gasteiger partial charge in [-0.3, -0.25) is 14.4 Å². The standard InChI is InChI=1S/C21H34N6O/c22-10-21(28)25-3-1-15(2-4-25)12-27-14-19(23-24-27)13-26-11-18-6-16-5-17(7-18)9-20(26)8-16/h14-18,20H,1-13,22H2/t16-,17+,18?,20?. The molecule has 4 atom stereocenters. The van der Waals surface area contributed by atoms with E-state index in [0.29, 0.717) is 5.92 Å². The molecule has 7 heteroatoms. The van der Waals surface area contributed by atoms with Gasteiger partial charge in [0.1, 0.15) is 0 Å². The number of piperidine rings is 1. The molecule has 2 saturated carbocycles. The maximum Gasteiger partial charge on any atom is 0.236 e. The highest BCUT2D eigenvalue weighted by Crippen LogP contribution is 2.47. The number of hydrogen-bond donors (Lipinski definition) is 1. The maximum absolute atomic E-state index is 11.7. The van der Waals surface area contributed by atoms with Crippen molar-refractivity contribution in [3.05, 3.63) is 11.9 Å². The summed E-state index contributed by atoms with van der Waals surface area (Å²) >= 11 is 0. The molecule has 3 saturated heterocycles. The van der Waals surface area contributed by atoms with Crippen LogP contribution in [0.1, 0.15) is 50.6 Å². The van der Waals surface area contributed by atoms with Gasteiger partial charge in [-0.15, -0.1) is 5.10 Å². The third-order valence-electron chi connectivity index (χ3n) is 7.76. The van der Waals surface area contributed by atoms with Crippen molar-refractivity contribution in [2.24, 2.45) is 29.4 Å². The largest absolute Gasteiger partial charge is 0.342 e. The Morgan fingerprint density at radius 1 is 1.07 bits per heavy atom. The summed E-state index contributed by atoms with van der Waals surface area (Å²) in [5, 5.41) is 8.92. The average molecular weight is 387 g/mol. The molecule has 6 rings (SSSR count). The van der Waals surface area contributed by atoms with Crippen LogP contribution in [0.5, 0.6) is 0 Å². The van der Waals surface area contributed by atoms with E-state index in [1.165, 1.54) is 38.6 Å². The Morgan fingerprint density at radius 3 is 2.50 bits per heavy atom. The highest BCUT2D eigenvalue weighted by atomic mass is 16.2. The van der Waals surface area contributed by atoms with Gasteiger partial charge in [-0.1, -0.05) is 5.21 Å². The first kappa shape index (κ1) is 18.6. The molecule has 2 N–H and O–H groups in total. The summed E-state index contributed by atoms with van der Waals surface area (Å²) in [6, 6.07) is 0.769. The predicted molar refractivity (Wildman–Crippen MR) is 106 cm³/mol. The van der Waals surface area contributed by atoms with Crippen molar-refractivity contribution >= 4 is 5.91 Å². The highest BCUT2D eigenvalue weighted by Gasteiger charge is 2.42. The molecule has 5 fully saturated rings. The first-order valence-electron chi connectivity index (χ1n) is 11.3. The van der Waals surface area contributed by atoms with Gasteiger partial charge in [-0.2, -0.15) is 0 Å². The van der Waals surface area contributed by atoms with Crippen molar-refractivity contribution in [1.82, 2.24) is 24.8 Å². The second kappa shape index (κ2) is 7.75. The summed E-state index contributed by atoms with van der Waals surface area (Å²) in [5.41, 5.74) is 6.60. The fourth-order valence-electron chi connectivity index (χ4n) is 6.54. The zero-order valence-electron chi connectivity index (χ0n) is 16.9. The number of likely N-dealkylation sites (tertiary alicyclic amines) is 1. The number of rotatable bonds is 5. The Morgan fingerprint density at radius 2 is 1.79 bits per heavy atom. The molecule has 4 heterocycles. The van der Waals surface area contributed by atoms with Crippen LogP contribution in [0.4, 0.5) is 0 Å². The van der Waals surface area contributed by atoms with Crippen molar-refractivity contribution in [2.45, 2.75) is 64.1 Å². The number of nitrogens with two attached hydrogens (primary N) is 1. The van der Waals surface area contributed by atoms with E-state index >= 15 is 0 Å². The van der Waals surface area contributed by atoms with Gasteiger partial charge in [-0.05, 0) is 68.6 Å². The van der Waals surface area contributed by atoms with Crippen molar-refractivity contribution in [1.29, 1.82) is 0 Å². The van der Waals surface area contributed by atoms with E-state index in [4.69, 9.17) is 5.73 Å². The van der Waals surface area contributed by atoms with Gasteiger partial charge in [0.05, 0.1) is 12.2 Å². The smallest absolute Gasteiger partial charge is 0.236 e. The lowest BCUT2D eigenvalue weighted by Crippen LogP contribution is -2.42. The van der Waals surface area contributed by atoms with Gasteiger partial charge in [-0.25, -0.2) is 0 Å². The molecular formula is C21H34N6O. The molecule has 0 radical (unpaired) electrons. The molecule has 7 nitrogen and oxygen atoms in total. The number of hydrogen-bond acceptors (Lipinski definition) is 5. The fourth-order valence-corrected chi connectivity index (χ4v) is 6.54. The minimum Gasteiger partial charge on any atom is -0.342 e. The minimum atomic E-state index is 0.0711. The molecule has 0 spiro atoms. The number of carbonyl (C=O) groups is 1. The maximum atomic E-state index is 11.7. The van der Waals surface area contributed by atoms with E-state index in [2.05, 4.69) is 21.4 Å². The van der Waals surface area contributed by atoms with Crippen LogP contribution in [0.15, 0.2) is 6.20 Å². The van der Waals surface area contributed by atoms with Crippen molar-refractivity contribution in [3.63, 3.8) is 0 Å². The molecule has 3 aliphatic heterocycles. The molecule has 1 aromatic heterocycles. The molecule has 28 heavy (non-hydrogen) atoms. The number of amides is 1. The summed E-state index contributed by atoms with van der Waals surface area (Å²) in [6.45, 7) is 4.90. The SMILES string of the molecule is NCC(=O)N1CCC(Cn2cc(CN3CC4C[C@@H]5CC3C[C@H](C4)C5)nn2)CC1. The molecule has 2 aliphatic carbocycles. The Balaban J connectivity index is 1.16. The summed E-state index contributed by atoms with van der Waals surface area (Å²) < 4.78 is 2.03. The topological polar surface area (TPSA) is 80.3 Å². The monoisotopic (exact) mass is 386 g/mol. The number of nitrogens with zero attached hydrogens (tertiary/aromatic N) is 5. The molecule has 0 aromatic carbocycles. The average Bonchev–Trinajstić information content (AvgIpc) is 3.04. The molecule has 5 aliphatic rings. The first-order valence-corrected chi connectivity index (χ1v) is 11.3. The lowest BCUT2D eigenvalue weighted by molar-refractivity contribution is -0.131. The van der Waals surface area contributed by atoms with Gasteiger partial charge < -0.3 is 10.6 Å². The van der Waals surface area contributed by atoms with Gasteiger partial charge in [0.15, 0.2) is 0 Å². The number of carbonyl (C=O) groups excluding carboxylic acids is 1. The van der Waals surface area contributed by atoms with E-state index in [9.17, 15) is 4.79 Å². The lowest BCUT2D eigenvalue weighted by Gasteiger charge is -2.39. The van der Waals surface area contributed by atoms with Crippen LogP contribution < -0.4 is 5.73 Å². The first-order chi connectivity index (χ1) is 13.7. The van der Waals surface area contributed by atoms with Crippen LogP contribution in [-0.2, 0) is 17.9 Å². The van der Waals surface area contributed by atoms with Gasteiger partial charge in [0.25, 0.3) is 0 Å². The Hall–Kier alpha value is -1.47. The fraction of sp³-hybridized carbons (Fsp3) is 0.857. The van der Waals surface area contributed by atoms with Crippen molar-refractivity contribution in [2.75, 3.05) is 26.2 Å².